The summed E-state index contributed by atoms with van der Waals surface area (Å²) in [6.45, 7) is 8.43. The van der Waals surface area contributed by atoms with Gasteiger partial charge in [-0.1, -0.05) is 18.5 Å². The maximum absolute atomic E-state index is 13.1. The molecule has 1 fully saturated rings. The summed E-state index contributed by atoms with van der Waals surface area (Å²) in [7, 11) is 0. The molecule has 3 rings (SSSR count). The lowest BCUT2D eigenvalue weighted by molar-refractivity contribution is 0.0686. The SMILES string of the molecule is CCCN(C(=O)c1nc(-n2nc(C)cc2C)ccc1Cl)C1CCNC1. The first-order valence-corrected chi connectivity index (χ1v) is 9.11. The molecule has 0 radical (unpaired) electrons. The van der Waals surface area contributed by atoms with Gasteiger partial charge >= 0.3 is 0 Å². The summed E-state index contributed by atoms with van der Waals surface area (Å²) in [5.74, 6) is 0.503. The third-order valence-corrected chi connectivity index (χ3v) is 4.77. The number of halogens is 1. The van der Waals surface area contributed by atoms with Crippen LogP contribution in [0.2, 0.25) is 5.02 Å². The summed E-state index contributed by atoms with van der Waals surface area (Å²) in [5.41, 5.74) is 2.18. The van der Waals surface area contributed by atoms with Crippen molar-refractivity contribution in [2.24, 2.45) is 0 Å². The van der Waals surface area contributed by atoms with E-state index in [4.69, 9.17) is 11.6 Å². The molecule has 2 aromatic rings. The zero-order valence-corrected chi connectivity index (χ0v) is 15.7. The molecule has 2 aromatic heterocycles. The summed E-state index contributed by atoms with van der Waals surface area (Å²) in [4.78, 5) is 19.6. The summed E-state index contributed by atoms with van der Waals surface area (Å²) >= 11 is 6.32. The van der Waals surface area contributed by atoms with Gasteiger partial charge in [-0.3, -0.25) is 4.79 Å². The highest BCUT2D eigenvalue weighted by atomic mass is 35.5. The fourth-order valence-corrected chi connectivity index (χ4v) is 3.48. The number of carbonyl (C=O) groups excluding carboxylic acids is 1. The number of nitrogens with zero attached hydrogens (tertiary/aromatic N) is 4. The Morgan fingerprint density at radius 3 is 2.84 bits per heavy atom. The second-order valence-corrected chi connectivity index (χ2v) is 6.89. The number of carbonyl (C=O) groups is 1. The standard InChI is InChI=1S/C18H24ClN5O/c1-4-9-23(14-7-8-20-11-14)18(25)17-15(19)5-6-16(21-17)24-13(3)10-12(2)22-24/h5-6,10,14,20H,4,7-9,11H2,1-3H3. The fourth-order valence-electron chi connectivity index (χ4n) is 3.29. The minimum atomic E-state index is -0.107. The Morgan fingerprint density at radius 2 is 2.24 bits per heavy atom. The van der Waals surface area contributed by atoms with Crippen LogP contribution in [-0.2, 0) is 0 Å². The third kappa shape index (κ3) is 3.70. The predicted octanol–water partition coefficient (Wildman–Crippen LogP) is 2.75. The van der Waals surface area contributed by atoms with E-state index in [-0.39, 0.29) is 11.9 Å². The largest absolute Gasteiger partial charge is 0.333 e. The average Bonchev–Trinajstić information content (AvgIpc) is 3.22. The van der Waals surface area contributed by atoms with Crippen LogP contribution in [0.15, 0.2) is 18.2 Å². The zero-order chi connectivity index (χ0) is 18.0. The molecule has 25 heavy (non-hydrogen) atoms. The van der Waals surface area contributed by atoms with E-state index in [2.05, 4.69) is 22.3 Å². The van der Waals surface area contributed by atoms with Crippen molar-refractivity contribution in [1.29, 1.82) is 0 Å². The molecule has 6 nitrogen and oxygen atoms in total. The molecule has 3 heterocycles. The highest BCUT2D eigenvalue weighted by molar-refractivity contribution is 6.33. The van der Waals surface area contributed by atoms with Gasteiger partial charge in [0.15, 0.2) is 5.82 Å². The van der Waals surface area contributed by atoms with Crippen molar-refractivity contribution in [3.63, 3.8) is 0 Å². The number of amides is 1. The molecular formula is C18H24ClN5O. The number of aryl methyl sites for hydroxylation is 2. The quantitative estimate of drug-likeness (QED) is 0.889. The minimum Gasteiger partial charge on any atom is -0.333 e. The highest BCUT2D eigenvalue weighted by Gasteiger charge is 2.29. The lowest BCUT2D eigenvalue weighted by atomic mass is 10.2. The summed E-state index contributed by atoms with van der Waals surface area (Å²) < 4.78 is 1.74. The lowest BCUT2D eigenvalue weighted by Gasteiger charge is -2.28. The Labute approximate surface area is 153 Å². The normalized spacial score (nSPS) is 17.0. The van der Waals surface area contributed by atoms with E-state index < -0.39 is 0 Å². The van der Waals surface area contributed by atoms with Crippen molar-refractivity contribution >= 4 is 17.5 Å². The van der Waals surface area contributed by atoms with Gasteiger partial charge in [-0.15, -0.1) is 0 Å². The molecule has 1 unspecified atom stereocenters. The number of hydrogen-bond acceptors (Lipinski definition) is 4. The van der Waals surface area contributed by atoms with Crippen molar-refractivity contribution < 1.29 is 4.79 Å². The van der Waals surface area contributed by atoms with Crippen molar-refractivity contribution in [2.75, 3.05) is 19.6 Å². The summed E-state index contributed by atoms with van der Waals surface area (Å²) in [6, 6.07) is 5.69. The Hall–Kier alpha value is -1.92. The predicted molar refractivity (Wildman–Crippen MR) is 98.4 cm³/mol. The molecular weight excluding hydrogens is 338 g/mol. The molecule has 1 saturated heterocycles. The molecule has 1 N–H and O–H groups in total. The number of rotatable bonds is 5. The molecule has 1 atom stereocenters. The molecule has 0 spiro atoms. The first-order valence-electron chi connectivity index (χ1n) is 8.73. The fraction of sp³-hybridized carbons (Fsp3) is 0.500. The van der Waals surface area contributed by atoms with Gasteiger partial charge in [-0.2, -0.15) is 5.10 Å². The van der Waals surface area contributed by atoms with Gasteiger partial charge in [-0.05, 0) is 51.4 Å². The van der Waals surface area contributed by atoms with E-state index >= 15 is 0 Å². The Morgan fingerprint density at radius 1 is 1.44 bits per heavy atom. The average molecular weight is 362 g/mol. The molecule has 0 saturated carbocycles. The van der Waals surface area contributed by atoms with Crippen molar-refractivity contribution in [3.05, 3.63) is 40.3 Å². The van der Waals surface area contributed by atoms with Crippen LogP contribution in [0.5, 0.6) is 0 Å². The van der Waals surface area contributed by atoms with E-state index in [9.17, 15) is 4.79 Å². The van der Waals surface area contributed by atoms with Gasteiger partial charge in [-0.25, -0.2) is 9.67 Å². The van der Waals surface area contributed by atoms with Gasteiger partial charge < -0.3 is 10.2 Å². The second-order valence-electron chi connectivity index (χ2n) is 6.48. The smallest absolute Gasteiger partial charge is 0.274 e. The number of nitrogens with one attached hydrogen (secondary N) is 1. The summed E-state index contributed by atoms with van der Waals surface area (Å²) in [5, 5.41) is 8.14. The zero-order valence-electron chi connectivity index (χ0n) is 14.9. The molecule has 0 aromatic carbocycles. The number of pyridine rings is 1. The van der Waals surface area contributed by atoms with Crippen LogP contribution in [-0.4, -0.2) is 51.2 Å². The van der Waals surface area contributed by atoms with E-state index in [1.807, 2.05) is 24.8 Å². The van der Waals surface area contributed by atoms with Crippen LogP contribution < -0.4 is 5.32 Å². The van der Waals surface area contributed by atoms with E-state index in [0.29, 0.717) is 23.1 Å². The topological polar surface area (TPSA) is 63.1 Å². The van der Waals surface area contributed by atoms with Crippen LogP contribution >= 0.6 is 11.6 Å². The maximum atomic E-state index is 13.1. The number of hydrogen-bond donors (Lipinski definition) is 1. The molecule has 134 valence electrons. The Balaban J connectivity index is 1.96. The molecule has 0 bridgehead atoms. The molecule has 7 heteroatoms. The van der Waals surface area contributed by atoms with E-state index in [1.54, 1.807) is 16.8 Å². The minimum absolute atomic E-state index is 0.107. The van der Waals surface area contributed by atoms with Gasteiger partial charge in [0.2, 0.25) is 0 Å². The molecule has 1 aliphatic rings. The van der Waals surface area contributed by atoms with Crippen molar-refractivity contribution in [3.8, 4) is 5.82 Å². The van der Waals surface area contributed by atoms with E-state index in [0.717, 1.165) is 37.3 Å². The first-order chi connectivity index (χ1) is 12.0. The molecule has 1 amide bonds. The van der Waals surface area contributed by atoms with Crippen LogP contribution in [0, 0.1) is 13.8 Å². The van der Waals surface area contributed by atoms with Crippen LogP contribution in [0.25, 0.3) is 5.82 Å². The van der Waals surface area contributed by atoms with Crippen LogP contribution in [0.1, 0.15) is 41.6 Å². The third-order valence-electron chi connectivity index (χ3n) is 4.46. The van der Waals surface area contributed by atoms with E-state index in [1.165, 1.54) is 0 Å². The Bertz CT molecular complexity index is 767. The molecule has 1 aliphatic heterocycles. The summed E-state index contributed by atoms with van der Waals surface area (Å²) in [6.07, 6.45) is 1.86. The lowest BCUT2D eigenvalue weighted by Crippen LogP contribution is -2.42. The first kappa shape index (κ1) is 17.9. The second kappa shape index (κ2) is 7.54. The van der Waals surface area contributed by atoms with Crippen molar-refractivity contribution in [1.82, 2.24) is 25.0 Å². The van der Waals surface area contributed by atoms with Gasteiger partial charge in [0.1, 0.15) is 5.69 Å². The van der Waals surface area contributed by atoms with Crippen LogP contribution in [0.4, 0.5) is 0 Å². The van der Waals surface area contributed by atoms with Gasteiger partial charge in [0.05, 0.1) is 10.7 Å². The van der Waals surface area contributed by atoms with Crippen molar-refractivity contribution in [2.45, 2.75) is 39.7 Å². The van der Waals surface area contributed by atoms with Crippen LogP contribution in [0.3, 0.4) is 0 Å². The maximum Gasteiger partial charge on any atom is 0.274 e. The Kier molecular flexibility index (Phi) is 5.39. The highest BCUT2D eigenvalue weighted by Crippen LogP contribution is 2.21. The monoisotopic (exact) mass is 361 g/mol. The molecule has 0 aliphatic carbocycles. The van der Waals surface area contributed by atoms with Gasteiger partial charge in [0, 0.05) is 24.8 Å². The number of aromatic nitrogens is 3. The van der Waals surface area contributed by atoms with Gasteiger partial charge in [0.25, 0.3) is 5.91 Å².